The van der Waals surface area contributed by atoms with Crippen molar-refractivity contribution in [1.82, 2.24) is 15.5 Å². The third-order valence-electron chi connectivity index (χ3n) is 6.77. The number of ether oxygens (including phenoxy) is 1. The van der Waals surface area contributed by atoms with Crippen LogP contribution in [0.5, 0.6) is 0 Å². The lowest BCUT2D eigenvalue weighted by atomic mass is 10.0. The molecule has 0 bridgehead atoms. The second-order valence-corrected chi connectivity index (χ2v) is 11.3. The van der Waals surface area contributed by atoms with Gasteiger partial charge in [-0.1, -0.05) is 76.8 Å². The standard InChI is InChI=1S/C30H51N3O3/c1-5-6-7-8-9-10-11-12-13-14-21-31-28(34)26-17-15-25(16-18-26)24-32-27-19-22-33(23-20-27)29(35)36-30(2,3)4/h15-18,27,32H,5-14,19-24H2,1-4H3,(H,31,34). The van der Waals surface area contributed by atoms with Gasteiger partial charge in [-0.2, -0.15) is 0 Å². The van der Waals surface area contributed by atoms with Crippen molar-refractivity contribution >= 4 is 12.0 Å². The fourth-order valence-corrected chi connectivity index (χ4v) is 4.55. The van der Waals surface area contributed by atoms with Crippen LogP contribution >= 0.6 is 0 Å². The molecule has 2 rings (SSSR count). The van der Waals surface area contributed by atoms with Crippen LogP contribution < -0.4 is 10.6 Å². The van der Waals surface area contributed by atoms with Gasteiger partial charge in [-0.05, 0) is 57.7 Å². The molecule has 2 amide bonds. The fourth-order valence-electron chi connectivity index (χ4n) is 4.55. The molecular formula is C30H51N3O3. The maximum absolute atomic E-state index is 12.4. The molecule has 36 heavy (non-hydrogen) atoms. The van der Waals surface area contributed by atoms with E-state index in [0.29, 0.717) is 19.1 Å². The largest absolute Gasteiger partial charge is 0.444 e. The average molecular weight is 502 g/mol. The Kier molecular flexibility index (Phi) is 13.9. The quantitative estimate of drug-likeness (QED) is 0.259. The van der Waals surface area contributed by atoms with E-state index in [1.807, 2.05) is 45.0 Å². The van der Waals surface area contributed by atoms with E-state index in [2.05, 4.69) is 17.6 Å². The number of amides is 2. The summed E-state index contributed by atoms with van der Waals surface area (Å²) < 4.78 is 5.47. The highest BCUT2D eigenvalue weighted by Gasteiger charge is 2.26. The molecule has 0 unspecified atom stereocenters. The Morgan fingerprint density at radius 3 is 2.00 bits per heavy atom. The summed E-state index contributed by atoms with van der Waals surface area (Å²) in [6.45, 7) is 10.9. The van der Waals surface area contributed by atoms with Gasteiger partial charge in [-0.15, -0.1) is 0 Å². The summed E-state index contributed by atoms with van der Waals surface area (Å²) in [4.78, 5) is 26.4. The van der Waals surface area contributed by atoms with Crippen molar-refractivity contribution in [2.24, 2.45) is 0 Å². The van der Waals surface area contributed by atoms with Crippen molar-refractivity contribution in [3.63, 3.8) is 0 Å². The molecule has 1 saturated heterocycles. The van der Waals surface area contributed by atoms with Crippen molar-refractivity contribution in [2.75, 3.05) is 19.6 Å². The number of unbranched alkanes of at least 4 members (excludes halogenated alkanes) is 9. The van der Waals surface area contributed by atoms with E-state index >= 15 is 0 Å². The van der Waals surface area contributed by atoms with Gasteiger partial charge in [-0.25, -0.2) is 4.79 Å². The van der Waals surface area contributed by atoms with Crippen LogP contribution in [-0.4, -0.2) is 48.2 Å². The van der Waals surface area contributed by atoms with Crippen molar-refractivity contribution in [2.45, 2.75) is 123 Å². The molecule has 0 spiro atoms. The molecule has 2 N–H and O–H groups in total. The third-order valence-corrected chi connectivity index (χ3v) is 6.77. The molecule has 1 aliphatic heterocycles. The summed E-state index contributed by atoms with van der Waals surface area (Å²) in [6, 6.07) is 8.26. The lowest BCUT2D eigenvalue weighted by Crippen LogP contribution is -2.46. The van der Waals surface area contributed by atoms with Gasteiger partial charge in [0.05, 0.1) is 0 Å². The van der Waals surface area contributed by atoms with E-state index in [-0.39, 0.29) is 12.0 Å². The molecule has 0 aromatic heterocycles. The lowest BCUT2D eigenvalue weighted by Gasteiger charge is -2.33. The molecule has 6 nitrogen and oxygen atoms in total. The predicted molar refractivity (Wildman–Crippen MR) is 148 cm³/mol. The number of nitrogens with one attached hydrogen (secondary N) is 2. The highest BCUT2D eigenvalue weighted by atomic mass is 16.6. The Morgan fingerprint density at radius 1 is 0.889 bits per heavy atom. The summed E-state index contributed by atoms with van der Waals surface area (Å²) in [7, 11) is 0. The van der Waals surface area contributed by atoms with Crippen molar-refractivity contribution < 1.29 is 14.3 Å². The minimum atomic E-state index is -0.456. The second-order valence-electron chi connectivity index (χ2n) is 11.3. The molecule has 6 heteroatoms. The van der Waals surface area contributed by atoms with Crippen LogP contribution in [0.3, 0.4) is 0 Å². The van der Waals surface area contributed by atoms with E-state index in [9.17, 15) is 9.59 Å². The summed E-state index contributed by atoms with van der Waals surface area (Å²) in [5.74, 6) is 0.0138. The predicted octanol–water partition coefficient (Wildman–Crippen LogP) is 6.83. The number of carbonyl (C=O) groups excluding carboxylic acids is 2. The Labute approximate surface area is 219 Å². The van der Waals surface area contributed by atoms with Gasteiger partial charge in [0.25, 0.3) is 5.91 Å². The summed E-state index contributed by atoms with van der Waals surface area (Å²) in [5.41, 5.74) is 1.43. The van der Waals surface area contributed by atoms with Gasteiger partial charge in [-0.3, -0.25) is 4.79 Å². The Balaban J connectivity index is 1.55. The maximum atomic E-state index is 12.4. The summed E-state index contributed by atoms with van der Waals surface area (Å²) >= 11 is 0. The second kappa shape index (κ2) is 16.6. The van der Waals surface area contributed by atoms with E-state index in [1.54, 1.807) is 4.90 Å². The number of hydrogen-bond acceptors (Lipinski definition) is 4. The number of likely N-dealkylation sites (tertiary alicyclic amines) is 1. The highest BCUT2D eigenvalue weighted by molar-refractivity contribution is 5.94. The molecule has 0 atom stereocenters. The highest BCUT2D eigenvalue weighted by Crippen LogP contribution is 2.16. The molecule has 1 aliphatic rings. The van der Waals surface area contributed by atoms with Gasteiger partial charge in [0.1, 0.15) is 5.60 Å². The summed E-state index contributed by atoms with van der Waals surface area (Å²) in [6.07, 6.45) is 14.6. The molecule has 0 aliphatic carbocycles. The van der Waals surface area contributed by atoms with Crippen LogP contribution in [-0.2, 0) is 11.3 Å². The summed E-state index contributed by atoms with van der Waals surface area (Å²) in [5, 5.41) is 6.65. The average Bonchev–Trinajstić information content (AvgIpc) is 2.85. The van der Waals surface area contributed by atoms with Gasteiger partial charge in [0.2, 0.25) is 0 Å². The smallest absolute Gasteiger partial charge is 0.410 e. The zero-order chi connectivity index (χ0) is 26.2. The number of rotatable bonds is 15. The van der Waals surface area contributed by atoms with Crippen LogP contribution in [0.4, 0.5) is 4.79 Å². The Bertz CT molecular complexity index is 750. The molecule has 0 saturated carbocycles. The van der Waals surface area contributed by atoms with Crippen molar-refractivity contribution in [3.8, 4) is 0 Å². The minimum absolute atomic E-state index is 0.0138. The van der Waals surface area contributed by atoms with Crippen LogP contribution in [0.15, 0.2) is 24.3 Å². The first-order valence-corrected chi connectivity index (χ1v) is 14.4. The lowest BCUT2D eigenvalue weighted by molar-refractivity contribution is 0.0198. The van der Waals surface area contributed by atoms with E-state index < -0.39 is 5.60 Å². The van der Waals surface area contributed by atoms with Crippen LogP contribution in [0.2, 0.25) is 0 Å². The third kappa shape index (κ3) is 12.8. The maximum Gasteiger partial charge on any atom is 0.410 e. The number of benzene rings is 1. The zero-order valence-electron chi connectivity index (χ0n) is 23.4. The molecule has 204 valence electrons. The van der Waals surface area contributed by atoms with Crippen LogP contribution in [0, 0.1) is 0 Å². The first-order valence-electron chi connectivity index (χ1n) is 14.4. The topological polar surface area (TPSA) is 70.7 Å². The van der Waals surface area contributed by atoms with Gasteiger partial charge in [0.15, 0.2) is 0 Å². The molecule has 1 aromatic carbocycles. The van der Waals surface area contributed by atoms with Gasteiger partial charge in [0, 0.05) is 37.8 Å². The molecular weight excluding hydrogens is 450 g/mol. The number of carbonyl (C=O) groups is 2. The SMILES string of the molecule is CCCCCCCCCCCCNC(=O)c1ccc(CNC2CCN(C(=O)OC(C)(C)C)CC2)cc1. The number of hydrogen-bond donors (Lipinski definition) is 2. The number of piperidine rings is 1. The first kappa shape index (κ1) is 30.1. The molecule has 1 fully saturated rings. The van der Waals surface area contributed by atoms with E-state index in [1.165, 1.54) is 57.8 Å². The van der Waals surface area contributed by atoms with Gasteiger partial charge < -0.3 is 20.3 Å². The van der Waals surface area contributed by atoms with Crippen molar-refractivity contribution in [1.29, 1.82) is 0 Å². The monoisotopic (exact) mass is 501 g/mol. The fraction of sp³-hybridized carbons (Fsp3) is 0.733. The van der Waals surface area contributed by atoms with E-state index in [4.69, 9.17) is 4.74 Å². The minimum Gasteiger partial charge on any atom is -0.444 e. The molecule has 1 aromatic rings. The Morgan fingerprint density at radius 2 is 1.44 bits per heavy atom. The van der Waals surface area contributed by atoms with Crippen LogP contribution in [0.1, 0.15) is 121 Å². The molecule has 1 heterocycles. The van der Waals surface area contributed by atoms with Gasteiger partial charge >= 0.3 is 6.09 Å². The number of nitrogens with zero attached hydrogens (tertiary/aromatic N) is 1. The zero-order valence-corrected chi connectivity index (χ0v) is 23.4. The normalized spacial score (nSPS) is 14.6. The van der Waals surface area contributed by atoms with Crippen molar-refractivity contribution in [3.05, 3.63) is 35.4 Å². The Hall–Kier alpha value is -2.08. The molecule has 0 radical (unpaired) electrons. The first-order chi connectivity index (χ1) is 17.3. The van der Waals surface area contributed by atoms with E-state index in [0.717, 1.165) is 43.5 Å². The van der Waals surface area contributed by atoms with Crippen LogP contribution in [0.25, 0.3) is 0 Å².